The topological polar surface area (TPSA) is 115 Å². The van der Waals surface area contributed by atoms with Gasteiger partial charge in [0, 0.05) is 0 Å². The van der Waals surface area contributed by atoms with Crippen LogP contribution in [0.25, 0.3) is 11.0 Å². The number of fused-ring (bicyclic) bond motifs is 1. The summed E-state index contributed by atoms with van der Waals surface area (Å²) in [5.74, 6) is -0.534. The Kier molecular flexibility index (Phi) is 4.54. The minimum absolute atomic E-state index is 0.0884. The van der Waals surface area contributed by atoms with E-state index in [0.29, 0.717) is 11.2 Å². The van der Waals surface area contributed by atoms with Crippen LogP contribution in [0.1, 0.15) is 6.42 Å². The van der Waals surface area contributed by atoms with Crippen LogP contribution in [0.3, 0.4) is 0 Å². The Balaban J connectivity index is 2.06. The van der Waals surface area contributed by atoms with E-state index in [-0.39, 0.29) is 27.1 Å². The SMILES string of the molecule is CS(=O)(=O)CCC(N)C(=O)Nc1cccc2n[se]nc12. The van der Waals surface area contributed by atoms with Crippen LogP contribution in [0.15, 0.2) is 18.2 Å². The summed E-state index contributed by atoms with van der Waals surface area (Å²) in [6, 6.07) is 4.45. The molecule has 2 aromatic rings. The number of hydrogen-bond donors (Lipinski definition) is 2. The normalized spacial score (nSPS) is 13.3. The maximum atomic E-state index is 11.9. The molecule has 1 amide bonds. The minimum atomic E-state index is -3.13. The molecule has 7 nitrogen and oxygen atoms in total. The van der Waals surface area contributed by atoms with Gasteiger partial charge in [-0.1, -0.05) is 0 Å². The number of hydrogen-bond acceptors (Lipinski definition) is 6. The Morgan fingerprint density at radius 3 is 2.90 bits per heavy atom. The molecule has 1 heterocycles. The standard InChI is InChI=1S/C11H14N4O3SSe/c1-19(17,18)6-5-7(12)11(16)13-8-3-2-4-9-10(8)15-20-14-9/h2-4,7H,5-6,12H2,1H3,(H,13,16). The summed E-state index contributed by atoms with van der Waals surface area (Å²) in [7, 11) is -3.13. The third-order valence-corrected chi connectivity index (χ3v) is 4.80. The van der Waals surface area contributed by atoms with Gasteiger partial charge in [0.25, 0.3) is 0 Å². The molecule has 0 saturated carbocycles. The van der Waals surface area contributed by atoms with Crippen LogP contribution in [0, 0.1) is 0 Å². The zero-order valence-corrected chi connectivity index (χ0v) is 13.3. The van der Waals surface area contributed by atoms with Gasteiger partial charge in [-0.25, -0.2) is 0 Å². The molecule has 20 heavy (non-hydrogen) atoms. The number of aromatic nitrogens is 2. The first-order valence-electron chi connectivity index (χ1n) is 5.82. The van der Waals surface area contributed by atoms with Crippen molar-refractivity contribution in [2.24, 2.45) is 5.73 Å². The number of amides is 1. The third-order valence-electron chi connectivity index (χ3n) is 2.68. The summed E-state index contributed by atoms with van der Waals surface area (Å²) in [5, 5.41) is 2.68. The van der Waals surface area contributed by atoms with Gasteiger partial charge in [0.1, 0.15) is 0 Å². The van der Waals surface area contributed by atoms with E-state index in [9.17, 15) is 13.2 Å². The van der Waals surface area contributed by atoms with Gasteiger partial charge in [0.05, 0.1) is 0 Å². The van der Waals surface area contributed by atoms with Crippen molar-refractivity contribution in [3.8, 4) is 0 Å². The van der Waals surface area contributed by atoms with Gasteiger partial charge in [-0.3, -0.25) is 0 Å². The van der Waals surface area contributed by atoms with Crippen molar-refractivity contribution in [2.75, 3.05) is 17.3 Å². The first kappa shape index (κ1) is 15.1. The van der Waals surface area contributed by atoms with Gasteiger partial charge < -0.3 is 0 Å². The fourth-order valence-corrected chi connectivity index (χ4v) is 3.44. The van der Waals surface area contributed by atoms with Gasteiger partial charge in [0.15, 0.2) is 0 Å². The third kappa shape index (κ3) is 3.86. The zero-order chi connectivity index (χ0) is 14.8. The molecule has 0 aliphatic carbocycles. The second kappa shape index (κ2) is 6.01. The van der Waals surface area contributed by atoms with Crippen LogP contribution in [-0.2, 0) is 14.6 Å². The van der Waals surface area contributed by atoms with Gasteiger partial charge >= 0.3 is 122 Å². The molecule has 0 aliphatic heterocycles. The van der Waals surface area contributed by atoms with E-state index < -0.39 is 21.8 Å². The number of rotatable bonds is 5. The van der Waals surface area contributed by atoms with Gasteiger partial charge in [0.2, 0.25) is 0 Å². The Morgan fingerprint density at radius 2 is 2.20 bits per heavy atom. The molecule has 1 aromatic carbocycles. The number of nitrogens with two attached hydrogens (primary N) is 1. The predicted octanol–water partition coefficient (Wildman–Crippen LogP) is -0.613. The number of carbonyl (C=O) groups is 1. The maximum absolute atomic E-state index is 11.9. The molecule has 0 fully saturated rings. The van der Waals surface area contributed by atoms with Gasteiger partial charge in [-0.15, -0.1) is 0 Å². The fraction of sp³-hybridized carbons (Fsp3) is 0.364. The van der Waals surface area contributed by atoms with Crippen molar-refractivity contribution in [3.05, 3.63) is 18.2 Å². The van der Waals surface area contributed by atoms with Crippen LogP contribution < -0.4 is 11.1 Å². The van der Waals surface area contributed by atoms with E-state index in [1.807, 2.05) is 6.07 Å². The number of sulfone groups is 1. The van der Waals surface area contributed by atoms with Crippen LogP contribution in [0.2, 0.25) is 0 Å². The molecule has 0 aliphatic rings. The van der Waals surface area contributed by atoms with Crippen molar-refractivity contribution in [1.82, 2.24) is 7.96 Å². The molecule has 0 saturated heterocycles. The summed E-state index contributed by atoms with van der Waals surface area (Å²) in [4.78, 5) is 11.9. The molecule has 3 N–H and O–H groups in total. The Hall–Kier alpha value is -1.28. The Labute approximate surface area is 122 Å². The van der Waals surface area contributed by atoms with Crippen molar-refractivity contribution in [3.63, 3.8) is 0 Å². The van der Waals surface area contributed by atoms with Crippen LogP contribution in [-0.4, -0.2) is 55.3 Å². The average molecular weight is 361 g/mol. The van der Waals surface area contributed by atoms with E-state index in [1.165, 1.54) is 0 Å². The van der Waals surface area contributed by atoms with E-state index in [1.54, 1.807) is 12.1 Å². The average Bonchev–Trinajstić information content (AvgIpc) is 2.84. The van der Waals surface area contributed by atoms with Gasteiger partial charge in [-0.2, -0.15) is 0 Å². The summed E-state index contributed by atoms with van der Waals surface area (Å²) in [6.45, 7) is 0. The second-order valence-electron chi connectivity index (χ2n) is 4.45. The number of nitrogens with zero attached hydrogens (tertiary/aromatic N) is 2. The second-order valence-corrected chi connectivity index (χ2v) is 7.82. The number of benzene rings is 1. The first-order chi connectivity index (χ1) is 9.37. The molecule has 1 atom stereocenters. The molecule has 0 spiro atoms. The molecular weight excluding hydrogens is 347 g/mol. The van der Waals surface area contributed by atoms with E-state index >= 15 is 0 Å². The van der Waals surface area contributed by atoms with Crippen molar-refractivity contribution in [2.45, 2.75) is 12.5 Å². The summed E-state index contributed by atoms with van der Waals surface area (Å²) in [6.07, 6.45) is 1.20. The molecule has 0 bridgehead atoms. The number of carbonyl (C=O) groups excluding carboxylic acids is 1. The summed E-state index contributed by atoms with van der Waals surface area (Å²) >= 11 is -0.179. The molecule has 9 heteroatoms. The molecular formula is C11H14N4O3SSe. The molecule has 2 rings (SSSR count). The van der Waals surface area contributed by atoms with E-state index in [2.05, 4.69) is 13.3 Å². The van der Waals surface area contributed by atoms with Crippen molar-refractivity contribution < 1.29 is 13.2 Å². The molecule has 108 valence electrons. The fourth-order valence-electron chi connectivity index (χ4n) is 1.60. The monoisotopic (exact) mass is 362 g/mol. The molecule has 1 aromatic heterocycles. The predicted molar refractivity (Wildman–Crippen MR) is 77.4 cm³/mol. The number of nitrogens with one attached hydrogen (secondary N) is 1. The van der Waals surface area contributed by atoms with Crippen molar-refractivity contribution in [1.29, 1.82) is 0 Å². The van der Waals surface area contributed by atoms with E-state index in [4.69, 9.17) is 5.73 Å². The molecule has 1 unspecified atom stereocenters. The Bertz CT molecular complexity index is 728. The van der Waals surface area contributed by atoms with Crippen molar-refractivity contribution >= 4 is 47.4 Å². The van der Waals surface area contributed by atoms with Crippen LogP contribution in [0.5, 0.6) is 0 Å². The van der Waals surface area contributed by atoms with E-state index in [0.717, 1.165) is 11.8 Å². The molecule has 0 radical (unpaired) electrons. The zero-order valence-electron chi connectivity index (χ0n) is 10.7. The quantitative estimate of drug-likeness (QED) is 0.687. The summed E-state index contributed by atoms with van der Waals surface area (Å²) < 4.78 is 30.6. The Morgan fingerprint density at radius 1 is 1.45 bits per heavy atom. The van der Waals surface area contributed by atoms with Gasteiger partial charge in [-0.05, 0) is 0 Å². The first-order valence-corrected chi connectivity index (χ1v) is 9.41. The van der Waals surface area contributed by atoms with Crippen LogP contribution >= 0.6 is 0 Å². The number of anilines is 1. The summed E-state index contributed by atoms with van der Waals surface area (Å²) in [5.41, 5.74) is 7.67. The van der Waals surface area contributed by atoms with Crippen LogP contribution in [0.4, 0.5) is 5.69 Å².